The zero-order valence-electron chi connectivity index (χ0n) is 10.0. The van der Waals surface area contributed by atoms with Crippen LogP contribution in [0.25, 0.3) is 0 Å². The van der Waals surface area contributed by atoms with Gasteiger partial charge < -0.3 is 5.73 Å². The van der Waals surface area contributed by atoms with Crippen molar-refractivity contribution >= 4 is 27.5 Å². The van der Waals surface area contributed by atoms with Gasteiger partial charge in [0, 0.05) is 22.4 Å². The third-order valence-electron chi connectivity index (χ3n) is 2.90. The van der Waals surface area contributed by atoms with Crippen molar-refractivity contribution in [3.63, 3.8) is 0 Å². The monoisotopic (exact) mass is 324 g/mol. The van der Waals surface area contributed by atoms with Crippen LogP contribution in [0.15, 0.2) is 47.2 Å². The highest BCUT2D eigenvalue weighted by Gasteiger charge is 2.24. The van der Waals surface area contributed by atoms with E-state index in [9.17, 15) is 0 Å². The van der Waals surface area contributed by atoms with Crippen LogP contribution in [-0.4, -0.2) is 4.98 Å². The Bertz CT molecular complexity index is 555. The van der Waals surface area contributed by atoms with Crippen molar-refractivity contribution < 1.29 is 0 Å². The molecule has 1 heterocycles. The van der Waals surface area contributed by atoms with Crippen molar-refractivity contribution in [3.05, 3.63) is 63.3 Å². The molecule has 1 aromatic heterocycles. The van der Waals surface area contributed by atoms with Gasteiger partial charge in [-0.25, -0.2) is 0 Å². The first-order chi connectivity index (χ1) is 8.50. The van der Waals surface area contributed by atoms with E-state index in [2.05, 4.69) is 20.9 Å². The molecule has 0 aliphatic rings. The van der Waals surface area contributed by atoms with E-state index in [1.165, 1.54) is 0 Å². The van der Waals surface area contributed by atoms with Gasteiger partial charge >= 0.3 is 0 Å². The molecular weight excluding hydrogens is 312 g/mol. The topological polar surface area (TPSA) is 38.9 Å². The highest BCUT2D eigenvalue weighted by Crippen LogP contribution is 2.30. The van der Waals surface area contributed by atoms with Crippen LogP contribution in [-0.2, 0) is 12.0 Å². The van der Waals surface area contributed by atoms with Gasteiger partial charge in [0.2, 0.25) is 0 Å². The first-order valence-electron chi connectivity index (χ1n) is 5.63. The molecule has 1 atom stereocenters. The molecule has 0 amide bonds. The zero-order chi connectivity index (χ0) is 13.2. The van der Waals surface area contributed by atoms with Crippen LogP contribution in [0.2, 0.25) is 5.02 Å². The van der Waals surface area contributed by atoms with Gasteiger partial charge in [-0.15, -0.1) is 0 Å². The number of hydrogen-bond acceptors (Lipinski definition) is 2. The predicted molar refractivity (Wildman–Crippen MR) is 78.6 cm³/mol. The highest BCUT2D eigenvalue weighted by atomic mass is 79.9. The molecule has 1 unspecified atom stereocenters. The van der Waals surface area contributed by atoms with E-state index >= 15 is 0 Å². The molecule has 0 aliphatic carbocycles. The second-order valence-electron chi connectivity index (χ2n) is 4.54. The largest absolute Gasteiger partial charge is 0.321 e. The number of halogens is 2. The molecule has 0 saturated carbocycles. The maximum atomic E-state index is 6.43. The van der Waals surface area contributed by atoms with Crippen LogP contribution in [0, 0.1) is 0 Å². The van der Waals surface area contributed by atoms with Gasteiger partial charge in [0.15, 0.2) is 0 Å². The van der Waals surface area contributed by atoms with Gasteiger partial charge in [-0.3, -0.25) is 4.98 Å². The molecule has 1 aromatic carbocycles. The summed E-state index contributed by atoms with van der Waals surface area (Å²) >= 11 is 9.67. The Labute approximate surface area is 120 Å². The third kappa shape index (κ3) is 2.91. The summed E-state index contributed by atoms with van der Waals surface area (Å²) in [4.78, 5) is 3.98. The first-order valence-corrected chi connectivity index (χ1v) is 6.80. The minimum Gasteiger partial charge on any atom is -0.321 e. The Morgan fingerprint density at radius 2 is 2.06 bits per heavy atom. The molecule has 2 nitrogen and oxygen atoms in total. The van der Waals surface area contributed by atoms with Crippen molar-refractivity contribution in [2.75, 3.05) is 0 Å². The fourth-order valence-corrected chi connectivity index (χ4v) is 2.89. The average Bonchev–Trinajstić information content (AvgIpc) is 2.32. The zero-order valence-corrected chi connectivity index (χ0v) is 12.4. The lowest BCUT2D eigenvalue weighted by Crippen LogP contribution is -2.36. The summed E-state index contributed by atoms with van der Waals surface area (Å²) in [5, 5.41) is 0.654. The summed E-state index contributed by atoms with van der Waals surface area (Å²) in [7, 11) is 0. The van der Waals surface area contributed by atoms with Gasteiger partial charge in [-0.05, 0) is 36.6 Å². The molecule has 2 aromatic rings. The van der Waals surface area contributed by atoms with Crippen LogP contribution in [0.5, 0.6) is 0 Å². The summed E-state index contributed by atoms with van der Waals surface area (Å²) in [5.74, 6) is 0. The molecule has 0 spiro atoms. The lowest BCUT2D eigenvalue weighted by molar-refractivity contribution is 0.489. The SMILES string of the molecule is CC(N)(Cc1ccncc1Cl)c1ccccc1Br. The molecule has 0 bridgehead atoms. The molecule has 94 valence electrons. The van der Waals surface area contributed by atoms with E-state index in [1.807, 2.05) is 37.3 Å². The Balaban J connectivity index is 2.33. The second-order valence-corrected chi connectivity index (χ2v) is 5.80. The second kappa shape index (κ2) is 5.39. The lowest BCUT2D eigenvalue weighted by atomic mass is 9.87. The van der Waals surface area contributed by atoms with E-state index in [0.29, 0.717) is 11.4 Å². The van der Waals surface area contributed by atoms with E-state index in [4.69, 9.17) is 17.3 Å². The summed E-state index contributed by atoms with van der Waals surface area (Å²) in [6, 6.07) is 9.89. The first kappa shape index (κ1) is 13.5. The predicted octanol–water partition coefficient (Wildman–Crippen LogP) is 3.91. The smallest absolute Gasteiger partial charge is 0.0622 e. The van der Waals surface area contributed by atoms with Crippen molar-refractivity contribution in [1.29, 1.82) is 0 Å². The van der Waals surface area contributed by atoms with Crippen LogP contribution in [0.3, 0.4) is 0 Å². The quantitative estimate of drug-likeness (QED) is 0.929. The van der Waals surface area contributed by atoms with Crippen LogP contribution < -0.4 is 5.73 Å². The van der Waals surface area contributed by atoms with Crippen molar-refractivity contribution in [2.45, 2.75) is 18.9 Å². The Morgan fingerprint density at radius 3 is 2.72 bits per heavy atom. The number of hydrogen-bond donors (Lipinski definition) is 1. The maximum Gasteiger partial charge on any atom is 0.0622 e. The summed E-state index contributed by atoms with van der Waals surface area (Å²) in [5.41, 5.74) is 8.02. The van der Waals surface area contributed by atoms with Gasteiger partial charge in [0.05, 0.1) is 5.02 Å². The summed E-state index contributed by atoms with van der Waals surface area (Å²) < 4.78 is 1.01. The van der Waals surface area contributed by atoms with Crippen LogP contribution >= 0.6 is 27.5 Å². The Hall–Kier alpha value is -0.900. The Kier molecular flexibility index (Phi) is 4.05. The number of pyridine rings is 1. The van der Waals surface area contributed by atoms with Gasteiger partial charge in [0.1, 0.15) is 0 Å². The summed E-state index contributed by atoms with van der Waals surface area (Å²) in [6.07, 6.45) is 4.04. The molecule has 2 N–H and O–H groups in total. The third-order valence-corrected chi connectivity index (χ3v) is 3.94. The number of benzene rings is 1. The van der Waals surface area contributed by atoms with E-state index in [-0.39, 0.29) is 0 Å². The van der Waals surface area contributed by atoms with Gasteiger partial charge in [0.25, 0.3) is 0 Å². The minimum absolute atomic E-state index is 0.481. The van der Waals surface area contributed by atoms with Gasteiger partial charge in [-0.2, -0.15) is 0 Å². The molecule has 18 heavy (non-hydrogen) atoms. The summed E-state index contributed by atoms with van der Waals surface area (Å²) in [6.45, 7) is 2.00. The average molecular weight is 326 g/mol. The minimum atomic E-state index is -0.481. The lowest BCUT2D eigenvalue weighted by Gasteiger charge is -2.27. The fraction of sp³-hybridized carbons (Fsp3) is 0.214. The molecule has 0 aliphatic heterocycles. The molecule has 0 fully saturated rings. The molecule has 2 rings (SSSR count). The van der Waals surface area contributed by atoms with Crippen molar-refractivity contribution in [1.82, 2.24) is 4.98 Å². The van der Waals surface area contributed by atoms with Crippen molar-refractivity contribution in [3.8, 4) is 0 Å². The standard InChI is InChI=1S/C14H14BrClN2/c1-14(17,11-4-2-3-5-12(11)15)8-10-6-7-18-9-13(10)16/h2-7,9H,8,17H2,1H3. The Morgan fingerprint density at radius 1 is 1.33 bits per heavy atom. The highest BCUT2D eigenvalue weighted by molar-refractivity contribution is 9.10. The number of nitrogens with two attached hydrogens (primary N) is 1. The fourth-order valence-electron chi connectivity index (χ4n) is 1.96. The van der Waals surface area contributed by atoms with E-state index in [0.717, 1.165) is 15.6 Å². The number of aromatic nitrogens is 1. The molecular formula is C14H14BrClN2. The normalized spacial score (nSPS) is 14.2. The number of nitrogens with zero attached hydrogens (tertiary/aromatic N) is 1. The van der Waals surface area contributed by atoms with Crippen molar-refractivity contribution in [2.24, 2.45) is 5.73 Å². The van der Waals surface area contributed by atoms with E-state index in [1.54, 1.807) is 12.4 Å². The molecule has 0 saturated heterocycles. The molecule has 0 radical (unpaired) electrons. The van der Waals surface area contributed by atoms with Crippen LogP contribution in [0.1, 0.15) is 18.1 Å². The molecule has 4 heteroatoms. The number of rotatable bonds is 3. The van der Waals surface area contributed by atoms with Crippen LogP contribution in [0.4, 0.5) is 0 Å². The maximum absolute atomic E-state index is 6.43. The van der Waals surface area contributed by atoms with Gasteiger partial charge in [-0.1, -0.05) is 45.7 Å². The van der Waals surface area contributed by atoms with E-state index < -0.39 is 5.54 Å².